The molecule has 7 heteroatoms. The molecule has 0 saturated heterocycles. The number of hydrogen-bond donors (Lipinski definition) is 2. The van der Waals surface area contributed by atoms with Crippen molar-refractivity contribution in [2.45, 2.75) is 45.3 Å². The molecule has 0 spiro atoms. The summed E-state index contributed by atoms with van der Waals surface area (Å²) in [6.07, 6.45) is -0.927. The minimum Gasteiger partial charge on any atom is -0.480 e. The molecule has 0 fully saturated rings. The Kier molecular flexibility index (Phi) is 5.95. The van der Waals surface area contributed by atoms with Crippen molar-refractivity contribution in [2.75, 3.05) is 6.86 Å². The second-order valence-corrected chi connectivity index (χ2v) is 6.30. The first-order valence-electron chi connectivity index (χ1n) is 7.08. The van der Waals surface area contributed by atoms with Crippen molar-refractivity contribution >= 4 is 12.1 Å². The molecule has 0 bridgehead atoms. The Morgan fingerprint density at radius 1 is 1.22 bits per heavy atom. The van der Waals surface area contributed by atoms with Crippen LogP contribution in [0.5, 0.6) is 5.75 Å². The molecule has 1 aromatic carbocycles. The molecule has 0 aromatic heterocycles. The zero-order valence-corrected chi connectivity index (χ0v) is 13.7. The van der Waals surface area contributed by atoms with E-state index < -0.39 is 30.1 Å². The molecule has 23 heavy (non-hydrogen) atoms. The van der Waals surface area contributed by atoms with E-state index >= 15 is 0 Å². The van der Waals surface area contributed by atoms with Gasteiger partial charge in [-0.15, -0.1) is 0 Å². The van der Waals surface area contributed by atoms with Gasteiger partial charge in [-0.25, -0.2) is 14.0 Å². The Labute approximate surface area is 134 Å². The molecule has 2 N–H and O–H groups in total. The highest BCUT2D eigenvalue weighted by molar-refractivity contribution is 5.84. The zero-order valence-electron chi connectivity index (χ0n) is 13.7. The van der Waals surface area contributed by atoms with Crippen LogP contribution in [-0.4, -0.2) is 35.2 Å². The first-order chi connectivity index (χ1) is 10.6. The molecule has 0 aliphatic carbocycles. The molecule has 6 nitrogen and oxygen atoms in total. The van der Waals surface area contributed by atoms with E-state index in [1.165, 1.54) is 13.0 Å². The predicted octanol–water partition coefficient (Wildman–Crippen LogP) is 2.90. The van der Waals surface area contributed by atoms with Crippen LogP contribution >= 0.6 is 0 Å². The van der Waals surface area contributed by atoms with Gasteiger partial charge < -0.3 is 19.9 Å². The number of carbonyl (C=O) groups is 2. The standard InChI is InChI=1S/C16H22FNO5/c1-15(2,3)23-14(21)18-16(4,13(19)20)9-11-7-5-6-8-12(11)22-10-17/h5-8H,9-10H2,1-4H3,(H,18,21)(H,19,20)/t16-/m0/s1. The number of para-hydroxylation sites is 1. The molecule has 0 aliphatic heterocycles. The lowest BCUT2D eigenvalue weighted by molar-refractivity contribution is -0.144. The van der Waals surface area contributed by atoms with Gasteiger partial charge in [0.05, 0.1) is 0 Å². The van der Waals surface area contributed by atoms with E-state index in [9.17, 15) is 19.1 Å². The van der Waals surface area contributed by atoms with Crippen LogP contribution in [0.4, 0.5) is 9.18 Å². The van der Waals surface area contributed by atoms with Gasteiger partial charge in [-0.2, -0.15) is 0 Å². The summed E-state index contributed by atoms with van der Waals surface area (Å²) in [4.78, 5) is 23.5. The summed E-state index contributed by atoms with van der Waals surface area (Å²) in [7, 11) is 0. The molecule has 1 atom stereocenters. The van der Waals surface area contributed by atoms with Gasteiger partial charge in [-0.1, -0.05) is 18.2 Å². The van der Waals surface area contributed by atoms with Gasteiger partial charge in [0.2, 0.25) is 6.86 Å². The number of carboxylic acids is 1. The van der Waals surface area contributed by atoms with E-state index in [0.717, 1.165) is 0 Å². The van der Waals surface area contributed by atoms with E-state index in [1.54, 1.807) is 39.0 Å². The van der Waals surface area contributed by atoms with Crippen molar-refractivity contribution in [3.05, 3.63) is 29.8 Å². The average Bonchev–Trinajstić information content (AvgIpc) is 2.38. The molecular weight excluding hydrogens is 305 g/mol. The number of hydrogen-bond acceptors (Lipinski definition) is 4. The van der Waals surface area contributed by atoms with E-state index in [-0.39, 0.29) is 12.2 Å². The second kappa shape index (κ2) is 7.30. The molecule has 0 saturated carbocycles. The molecule has 0 radical (unpaired) electrons. The topological polar surface area (TPSA) is 84.9 Å². The van der Waals surface area contributed by atoms with Crippen molar-refractivity contribution in [1.29, 1.82) is 0 Å². The first kappa shape index (κ1) is 18.7. The fourth-order valence-electron chi connectivity index (χ4n) is 1.93. The highest BCUT2D eigenvalue weighted by Crippen LogP contribution is 2.24. The third-order valence-corrected chi connectivity index (χ3v) is 2.98. The van der Waals surface area contributed by atoms with Gasteiger partial charge in [0.15, 0.2) is 0 Å². The van der Waals surface area contributed by atoms with Crippen LogP contribution in [0.2, 0.25) is 0 Å². The van der Waals surface area contributed by atoms with Gasteiger partial charge in [0.1, 0.15) is 16.9 Å². The normalized spacial score (nSPS) is 13.8. The zero-order chi connectivity index (χ0) is 17.7. The lowest BCUT2D eigenvalue weighted by atomic mass is 9.92. The predicted molar refractivity (Wildman–Crippen MR) is 82.2 cm³/mol. The molecule has 0 aliphatic rings. The fraction of sp³-hybridized carbons (Fsp3) is 0.500. The summed E-state index contributed by atoms with van der Waals surface area (Å²) in [6.45, 7) is 5.35. The van der Waals surface area contributed by atoms with E-state index in [1.807, 2.05) is 0 Å². The van der Waals surface area contributed by atoms with Crippen LogP contribution in [-0.2, 0) is 16.0 Å². The fourth-order valence-corrected chi connectivity index (χ4v) is 1.93. The van der Waals surface area contributed by atoms with Crippen molar-refractivity contribution < 1.29 is 28.6 Å². The third-order valence-electron chi connectivity index (χ3n) is 2.98. The van der Waals surface area contributed by atoms with E-state index in [0.29, 0.717) is 5.56 Å². The van der Waals surface area contributed by atoms with Crippen molar-refractivity contribution in [3.63, 3.8) is 0 Å². The third kappa shape index (κ3) is 5.77. The van der Waals surface area contributed by atoms with Gasteiger partial charge in [0.25, 0.3) is 0 Å². The summed E-state index contributed by atoms with van der Waals surface area (Å²) in [5.41, 5.74) is -1.91. The van der Waals surface area contributed by atoms with Gasteiger partial charge in [0, 0.05) is 6.42 Å². The number of amides is 1. The van der Waals surface area contributed by atoms with Crippen LogP contribution < -0.4 is 10.1 Å². The molecular formula is C16H22FNO5. The Balaban J connectivity index is 2.98. The number of ether oxygens (including phenoxy) is 2. The summed E-state index contributed by atoms with van der Waals surface area (Å²) in [5.74, 6) is -1.01. The highest BCUT2D eigenvalue weighted by atomic mass is 19.1. The highest BCUT2D eigenvalue weighted by Gasteiger charge is 2.37. The number of aliphatic carboxylic acids is 1. The lowest BCUT2D eigenvalue weighted by Gasteiger charge is -2.29. The van der Waals surface area contributed by atoms with Crippen LogP contribution in [0.3, 0.4) is 0 Å². The Morgan fingerprint density at radius 3 is 2.35 bits per heavy atom. The maximum absolute atomic E-state index is 12.4. The van der Waals surface area contributed by atoms with E-state index in [4.69, 9.17) is 9.47 Å². The van der Waals surface area contributed by atoms with Crippen LogP contribution in [0.25, 0.3) is 0 Å². The smallest absolute Gasteiger partial charge is 0.408 e. The number of benzene rings is 1. The van der Waals surface area contributed by atoms with Crippen LogP contribution in [0, 0.1) is 0 Å². The molecule has 128 valence electrons. The number of nitrogens with one attached hydrogen (secondary N) is 1. The minimum atomic E-state index is -1.63. The number of alkyl carbamates (subject to hydrolysis) is 1. The Hall–Kier alpha value is -2.31. The Morgan fingerprint density at radius 2 is 1.83 bits per heavy atom. The minimum absolute atomic E-state index is 0.0856. The van der Waals surface area contributed by atoms with Gasteiger partial charge in [-0.3, -0.25) is 0 Å². The SMILES string of the molecule is CC(C)(C)OC(=O)N[C@@](C)(Cc1ccccc1OCF)C(=O)O. The van der Waals surface area contributed by atoms with Gasteiger partial charge >= 0.3 is 12.1 Å². The van der Waals surface area contributed by atoms with Crippen LogP contribution in [0.15, 0.2) is 24.3 Å². The Bertz CT molecular complexity index is 570. The average molecular weight is 327 g/mol. The first-order valence-corrected chi connectivity index (χ1v) is 7.08. The number of alkyl halides is 1. The number of carbonyl (C=O) groups excluding carboxylic acids is 1. The number of carboxylic acid groups (broad SMARTS) is 1. The summed E-state index contributed by atoms with van der Waals surface area (Å²) >= 11 is 0. The van der Waals surface area contributed by atoms with Crippen molar-refractivity contribution in [2.24, 2.45) is 0 Å². The number of rotatable bonds is 6. The molecule has 1 aromatic rings. The molecule has 0 unspecified atom stereocenters. The summed E-state index contributed by atoms with van der Waals surface area (Å²) in [6, 6.07) is 6.47. The summed E-state index contributed by atoms with van der Waals surface area (Å²) in [5, 5.41) is 11.8. The second-order valence-electron chi connectivity index (χ2n) is 6.30. The number of halogens is 1. The molecule has 0 heterocycles. The monoisotopic (exact) mass is 327 g/mol. The van der Waals surface area contributed by atoms with Crippen molar-refractivity contribution in [1.82, 2.24) is 5.32 Å². The van der Waals surface area contributed by atoms with Crippen LogP contribution in [0.1, 0.15) is 33.3 Å². The summed E-state index contributed by atoms with van der Waals surface area (Å²) < 4.78 is 22.4. The van der Waals surface area contributed by atoms with E-state index in [2.05, 4.69) is 5.32 Å². The molecule has 1 amide bonds. The largest absolute Gasteiger partial charge is 0.480 e. The maximum atomic E-state index is 12.4. The maximum Gasteiger partial charge on any atom is 0.408 e. The molecule has 1 rings (SSSR count). The van der Waals surface area contributed by atoms with Crippen molar-refractivity contribution in [3.8, 4) is 5.75 Å². The lowest BCUT2D eigenvalue weighted by Crippen LogP contribution is -2.54. The van der Waals surface area contributed by atoms with Gasteiger partial charge in [-0.05, 0) is 39.3 Å². The quantitative estimate of drug-likeness (QED) is 0.839.